The minimum atomic E-state index is -4.86. The van der Waals surface area contributed by atoms with Crippen LogP contribution in [0.25, 0.3) is 0 Å². The number of amides is 3. The lowest BCUT2D eigenvalue weighted by Crippen LogP contribution is -2.41. The summed E-state index contributed by atoms with van der Waals surface area (Å²) in [4.78, 5) is 25.5. The molecule has 1 saturated heterocycles. The number of hydroxylamine groups is 2. The number of nitrogens with zero attached hydrogens (tertiary/aromatic N) is 2. The van der Waals surface area contributed by atoms with Crippen molar-refractivity contribution in [1.82, 2.24) is 9.96 Å². The lowest BCUT2D eigenvalue weighted by molar-refractivity contribution is -0.122. The van der Waals surface area contributed by atoms with Crippen LogP contribution in [0.15, 0.2) is 9.85 Å². The highest BCUT2D eigenvalue weighted by Crippen LogP contribution is 2.48. The third-order valence-electron chi connectivity index (χ3n) is 3.21. The molecule has 1 fully saturated rings. The molecule has 3 N–H and O–H groups in total. The number of rotatable bonds is 3. The van der Waals surface area contributed by atoms with Crippen molar-refractivity contribution in [3.63, 3.8) is 0 Å². The lowest BCUT2D eigenvalue weighted by atomic mass is 9.99. The average molecular weight is 398 g/mol. The van der Waals surface area contributed by atoms with E-state index >= 15 is 0 Å². The number of halogens is 1. The molecule has 0 aliphatic carbocycles. The normalized spacial score (nSPS) is 24.4. The summed E-state index contributed by atoms with van der Waals surface area (Å²) in [6.45, 7) is 0.0398. The minimum Gasteiger partial charge on any atom is -0.368 e. The molecule has 2 atom stereocenters. The van der Waals surface area contributed by atoms with E-state index < -0.39 is 34.4 Å². The van der Waals surface area contributed by atoms with Gasteiger partial charge in [-0.05, 0) is 27.6 Å². The van der Waals surface area contributed by atoms with E-state index in [-0.39, 0.29) is 6.54 Å². The maximum Gasteiger partial charge on any atom is 0.418 e. The molecule has 114 valence electrons. The molecular formula is C9H8BrN3O6S2. The van der Waals surface area contributed by atoms with Gasteiger partial charge < -0.3 is 10.6 Å². The molecule has 0 radical (unpaired) electrons. The summed E-state index contributed by atoms with van der Waals surface area (Å²) in [6, 6.07) is -0.916. The molecule has 3 rings (SSSR count). The Balaban J connectivity index is 2.11. The monoisotopic (exact) mass is 397 g/mol. The predicted octanol–water partition coefficient (Wildman–Crippen LogP) is 0.564. The van der Waals surface area contributed by atoms with Crippen LogP contribution in [0, 0.1) is 0 Å². The number of urea groups is 1. The Morgan fingerprint density at radius 3 is 2.81 bits per heavy atom. The van der Waals surface area contributed by atoms with Crippen molar-refractivity contribution >= 4 is 49.6 Å². The Morgan fingerprint density at radius 2 is 2.24 bits per heavy atom. The molecule has 2 aliphatic heterocycles. The topological polar surface area (TPSA) is 130 Å². The smallest absolute Gasteiger partial charge is 0.368 e. The van der Waals surface area contributed by atoms with Crippen LogP contribution in [-0.2, 0) is 19.5 Å². The van der Waals surface area contributed by atoms with E-state index in [2.05, 4.69) is 20.2 Å². The van der Waals surface area contributed by atoms with E-state index in [4.69, 9.17) is 10.3 Å². The highest BCUT2D eigenvalue weighted by molar-refractivity contribution is 9.11. The van der Waals surface area contributed by atoms with Crippen LogP contribution < -0.4 is 5.73 Å². The average Bonchev–Trinajstić information content (AvgIpc) is 2.82. The summed E-state index contributed by atoms with van der Waals surface area (Å²) in [7, 11) is -4.86. The second-order valence-corrected chi connectivity index (χ2v) is 7.92. The molecule has 0 unspecified atom stereocenters. The molecule has 3 heterocycles. The summed E-state index contributed by atoms with van der Waals surface area (Å²) in [6.07, 6.45) is 0. The fraction of sp³-hybridized carbons (Fsp3) is 0.333. The number of carbonyl (C=O) groups excluding carboxylic acids is 2. The Kier molecular flexibility index (Phi) is 3.25. The molecule has 0 aromatic carbocycles. The third-order valence-corrected chi connectivity index (χ3v) is 5.27. The molecule has 2 aliphatic rings. The summed E-state index contributed by atoms with van der Waals surface area (Å²) in [5, 5.41) is 0.538. The van der Waals surface area contributed by atoms with Crippen LogP contribution >= 0.6 is 27.3 Å². The van der Waals surface area contributed by atoms with Gasteiger partial charge >= 0.3 is 16.4 Å². The largest absolute Gasteiger partial charge is 0.418 e. The van der Waals surface area contributed by atoms with Gasteiger partial charge in [-0.25, -0.2) is 4.79 Å². The van der Waals surface area contributed by atoms with Crippen LogP contribution in [0.4, 0.5) is 4.79 Å². The highest BCUT2D eigenvalue weighted by atomic mass is 79.9. The SMILES string of the molecule is NC(=O)[C@@H]1c2sc(Br)cc2[C@@H]2CN1C(=O)N2OS(=O)(=O)O. The van der Waals surface area contributed by atoms with Crippen LogP contribution in [0.1, 0.15) is 22.5 Å². The first kappa shape index (κ1) is 14.7. The number of nitrogens with two attached hydrogens (primary N) is 1. The maximum absolute atomic E-state index is 12.2. The molecule has 0 spiro atoms. The molecule has 0 saturated carbocycles. The quantitative estimate of drug-likeness (QED) is 0.716. The Labute approximate surface area is 131 Å². The Hall–Kier alpha value is -1.21. The van der Waals surface area contributed by atoms with E-state index in [1.54, 1.807) is 6.07 Å². The summed E-state index contributed by atoms with van der Waals surface area (Å²) in [5.41, 5.74) is 5.90. The first-order valence-electron chi connectivity index (χ1n) is 5.54. The van der Waals surface area contributed by atoms with Crippen LogP contribution in [0.3, 0.4) is 0 Å². The second-order valence-electron chi connectivity index (χ2n) is 4.45. The van der Waals surface area contributed by atoms with Gasteiger partial charge in [-0.15, -0.1) is 15.6 Å². The maximum atomic E-state index is 12.2. The summed E-state index contributed by atoms with van der Waals surface area (Å²) in [5.74, 6) is -0.730. The van der Waals surface area contributed by atoms with E-state index in [0.29, 0.717) is 19.3 Å². The van der Waals surface area contributed by atoms with Crippen molar-refractivity contribution in [2.75, 3.05) is 6.54 Å². The number of hydrogen-bond acceptors (Lipinski definition) is 6. The van der Waals surface area contributed by atoms with Gasteiger partial charge in [-0.1, -0.05) is 0 Å². The van der Waals surface area contributed by atoms with E-state index in [0.717, 1.165) is 4.90 Å². The van der Waals surface area contributed by atoms with Gasteiger partial charge in [0, 0.05) is 4.88 Å². The van der Waals surface area contributed by atoms with Gasteiger partial charge in [0.05, 0.1) is 10.3 Å². The van der Waals surface area contributed by atoms with Gasteiger partial charge in [0.25, 0.3) is 0 Å². The number of fused-ring (bicyclic) bond motifs is 4. The number of primary amides is 1. The van der Waals surface area contributed by atoms with Crippen molar-refractivity contribution in [3.05, 3.63) is 20.3 Å². The molecule has 2 bridgehead atoms. The standard InChI is InChI=1S/C9H8BrN3O6S2/c10-5-1-3-4-2-12(6(8(11)14)7(3)20-5)9(15)13(4)19-21(16,17)18/h1,4,6H,2H2,(H2,11,14)(H,16,17,18)/t4-,6-/m0/s1. The van der Waals surface area contributed by atoms with E-state index in [1.165, 1.54) is 11.3 Å². The van der Waals surface area contributed by atoms with Crippen molar-refractivity contribution in [3.8, 4) is 0 Å². The molecule has 1 aromatic heterocycles. The fourth-order valence-electron chi connectivity index (χ4n) is 2.51. The van der Waals surface area contributed by atoms with Gasteiger partial charge in [0.1, 0.15) is 12.1 Å². The molecular weight excluding hydrogens is 390 g/mol. The zero-order valence-electron chi connectivity index (χ0n) is 10.1. The van der Waals surface area contributed by atoms with Crippen molar-refractivity contribution < 1.29 is 26.8 Å². The van der Waals surface area contributed by atoms with Crippen LogP contribution in [-0.4, -0.2) is 41.4 Å². The first-order valence-corrected chi connectivity index (χ1v) is 8.52. The second kappa shape index (κ2) is 4.64. The number of carbonyl (C=O) groups is 2. The van der Waals surface area contributed by atoms with Crippen LogP contribution in [0.5, 0.6) is 0 Å². The zero-order chi connectivity index (χ0) is 15.5. The Bertz CT molecular complexity index is 747. The van der Waals surface area contributed by atoms with E-state index in [9.17, 15) is 18.0 Å². The molecule has 12 heteroatoms. The van der Waals surface area contributed by atoms with Crippen molar-refractivity contribution in [2.45, 2.75) is 12.1 Å². The minimum absolute atomic E-state index is 0.0398. The fourth-order valence-corrected chi connectivity index (χ4v) is 4.71. The van der Waals surface area contributed by atoms with Crippen LogP contribution in [0.2, 0.25) is 0 Å². The number of thiophene rings is 1. The highest BCUT2D eigenvalue weighted by Gasteiger charge is 2.52. The number of hydrogen-bond donors (Lipinski definition) is 2. The third kappa shape index (κ3) is 2.32. The Morgan fingerprint density at radius 1 is 1.57 bits per heavy atom. The van der Waals surface area contributed by atoms with Gasteiger partial charge in [-0.3, -0.25) is 9.35 Å². The van der Waals surface area contributed by atoms with Gasteiger partial charge in [-0.2, -0.15) is 13.5 Å². The predicted molar refractivity (Wildman–Crippen MR) is 73.3 cm³/mol. The molecule has 3 amide bonds. The molecule has 1 aromatic rings. The van der Waals surface area contributed by atoms with Crippen molar-refractivity contribution in [2.24, 2.45) is 5.73 Å². The van der Waals surface area contributed by atoms with E-state index in [1.807, 2.05) is 0 Å². The van der Waals surface area contributed by atoms with Gasteiger partial charge in [0.2, 0.25) is 5.91 Å². The lowest BCUT2D eigenvalue weighted by Gasteiger charge is -2.27. The van der Waals surface area contributed by atoms with Crippen molar-refractivity contribution in [1.29, 1.82) is 0 Å². The molecule has 9 nitrogen and oxygen atoms in total. The summed E-state index contributed by atoms with van der Waals surface area (Å²) >= 11 is 4.50. The summed E-state index contributed by atoms with van der Waals surface area (Å²) < 4.78 is 35.6. The van der Waals surface area contributed by atoms with Gasteiger partial charge in [0.15, 0.2) is 0 Å². The molecule has 21 heavy (non-hydrogen) atoms. The first-order chi connectivity index (χ1) is 9.69. The zero-order valence-corrected chi connectivity index (χ0v) is 13.3.